The number of hydrogen-bond acceptors (Lipinski definition) is 6. The maximum absolute atomic E-state index is 12.8. The molecular formula is C16H13ClN2O4S. The summed E-state index contributed by atoms with van der Waals surface area (Å²) < 4.78 is 12.3. The Morgan fingerprint density at radius 3 is 2.67 bits per heavy atom. The van der Waals surface area contributed by atoms with Gasteiger partial charge in [0.2, 0.25) is 0 Å². The topological polar surface area (TPSA) is 70.4 Å². The molecule has 2 aromatic heterocycles. The first-order valence-corrected chi connectivity index (χ1v) is 8.21. The van der Waals surface area contributed by atoms with Crippen molar-refractivity contribution in [3.8, 4) is 11.5 Å². The average molecular weight is 365 g/mol. The van der Waals surface area contributed by atoms with Gasteiger partial charge in [-0.1, -0.05) is 11.6 Å². The lowest BCUT2D eigenvalue weighted by Gasteiger charge is -2.05. The Bertz CT molecular complexity index is 961. The molecule has 0 radical (unpaired) electrons. The van der Waals surface area contributed by atoms with E-state index in [2.05, 4.69) is 4.98 Å². The van der Waals surface area contributed by atoms with Gasteiger partial charge in [0.1, 0.15) is 11.4 Å². The largest absolute Gasteiger partial charge is 0.497 e. The van der Waals surface area contributed by atoms with Gasteiger partial charge in [0.25, 0.3) is 5.91 Å². The summed E-state index contributed by atoms with van der Waals surface area (Å²) in [6.07, 6.45) is 0. The SMILES string of the molecule is COc1ccc2c(c1)c(OC(C)=O)c(C)n2C(=O)c1csc(Cl)n1. The van der Waals surface area contributed by atoms with Crippen molar-refractivity contribution in [2.24, 2.45) is 0 Å². The number of aromatic nitrogens is 2. The first-order chi connectivity index (χ1) is 11.4. The van der Waals surface area contributed by atoms with Gasteiger partial charge in [0.15, 0.2) is 10.2 Å². The molecule has 24 heavy (non-hydrogen) atoms. The van der Waals surface area contributed by atoms with E-state index in [0.29, 0.717) is 28.1 Å². The number of carbonyl (C=O) groups is 2. The number of ether oxygens (including phenoxy) is 2. The summed E-state index contributed by atoms with van der Waals surface area (Å²) in [6.45, 7) is 3.02. The molecule has 0 saturated heterocycles. The summed E-state index contributed by atoms with van der Waals surface area (Å²) >= 11 is 7.00. The van der Waals surface area contributed by atoms with Crippen LogP contribution in [0.1, 0.15) is 23.1 Å². The first kappa shape index (κ1) is 16.5. The highest BCUT2D eigenvalue weighted by Gasteiger charge is 2.23. The van der Waals surface area contributed by atoms with E-state index >= 15 is 0 Å². The second-order valence-corrected chi connectivity index (χ2v) is 6.46. The number of fused-ring (bicyclic) bond motifs is 1. The van der Waals surface area contributed by atoms with E-state index in [1.807, 2.05) is 0 Å². The summed E-state index contributed by atoms with van der Waals surface area (Å²) in [5, 5.41) is 2.20. The van der Waals surface area contributed by atoms with Crippen LogP contribution < -0.4 is 9.47 Å². The number of nitrogens with zero attached hydrogens (tertiary/aromatic N) is 2. The third-order valence-corrected chi connectivity index (χ3v) is 4.48. The second kappa shape index (κ2) is 6.26. The molecule has 3 rings (SSSR count). The fourth-order valence-electron chi connectivity index (χ4n) is 2.49. The number of hydrogen-bond donors (Lipinski definition) is 0. The number of benzene rings is 1. The Kier molecular flexibility index (Phi) is 4.29. The van der Waals surface area contributed by atoms with Crippen LogP contribution >= 0.6 is 22.9 Å². The maximum atomic E-state index is 12.8. The van der Waals surface area contributed by atoms with E-state index in [0.717, 1.165) is 0 Å². The molecule has 0 saturated carbocycles. The van der Waals surface area contributed by atoms with Crippen molar-refractivity contribution in [1.29, 1.82) is 0 Å². The number of esters is 1. The average Bonchev–Trinajstić information content (AvgIpc) is 3.09. The first-order valence-electron chi connectivity index (χ1n) is 6.95. The van der Waals surface area contributed by atoms with Crippen LogP contribution in [0.25, 0.3) is 10.9 Å². The van der Waals surface area contributed by atoms with Crippen LogP contribution in [0.15, 0.2) is 23.6 Å². The lowest BCUT2D eigenvalue weighted by molar-refractivity contribution is -0.131. The molecule has 0 amide bonds. The van der Waals surface area contributed by atoms with Crippen LogP contribution in [-0.4, -0.2) is 28.5 Å². The zero-order valence-electron chi connectivity index (χ0n) is 13.1. The van der Waals surface area contributed by atoms with Crippen LogP contribution in [0.4, 0.5) is 0 Å². The maximum Gasteiger partial charge on any atom is 0.308 e. The zero-order valence-corrected chi connectivity index (χ0v) is 14.7. The molecule has 0 unspecified atom stereocenters. The predicted molar refractivity (Wildman–Crippen MR) is 91.4 cm³/mol. The third kappa shape index (κ3) is 2.76. The van der Waals surface area contributed by atoms with Gasteiger partial charge in [-0.15, -0.1) is 11.3 Å². The standard InChI is InChI=1S/C16H13ClN2O4S/c1-8-14(23-9(2)20)11-6-10(22-3)4-5-13(11)19(8)15(21)12-7-24-16(17)18-12/h4-7H,1-3H3. The highest BCUT2D eigenvalue weighted by Crippen LogP contribution is 2.36. The summed E-state index contributed by atoms with van der Waals surface area (Å²) in [6, 6.07) is 5.19. The van der Waals surface area contributed by atoms with Gasteiger partial charge < -0.3 is 9.47 Å². The molecule has 2 heterocycles. The van der Waals surface area contributed by atoms with Crippen LogP contribution in [-0.2, 0) is 4.79 Å². The lowest BCUT2D eigenvalue weighted by atomic mass is 10.2. The van der Waals surface area contributed by atoms with Gasteiger partial charge in [0.05, 0.1) is 18.3 Å². The van der Waals surface area contributed by atoms with Gasteiger partial charge >= 0.3 is 5.97 Å². The van der Waals surface area contributed by atoms with Crippen molar-refractivity contribution in [3.63, 3.8) is 0 Å². The van der Waals surface area contributed by atoms with Crippen molar-refractivity contribution in [2.45, 2.75) is 13.8 Å². The van der Waals surface area contributed by atoms with Gasteiger partial charge in [-0.3, -0.25) is 14.2 Å². The molecule has 8 heteroatoms. The fourth-order valence-corrected chi connectivity index (χ4v) is 3.23. The van der Waals surface area contributed by atoms with Crippen LogP contribution in [0.3, 0.4) is 0 Å². The Balaban J connectivity index is 2.25. The summed E-state index contributed by atoms with van der Waals surface area (Å²) in [4.78, 5) is 28.3. The van der Waals surface area contributed by atoms with E-state index in [9.17, 15) is 9.59 Å². The monoisotopic (exact) mass is 364 g/mol. The van der Waals surface area contributed by atoms with Crippen molar-refractivity contribution >= 4 is 45.7 Å². The van der Waals surface area contributed by atoms with Crippen molar-refractivity contribution in [3.05, 3.63) is 39.4 Å². The minimum atomic E-state index is -0.468. The van der Waals surface area contributed by atoms with Gasteiger partial charge in [-0.05, 0) is 25.1 Å². The minimum Gasteiger partial charge on any atom is -0.497 e. The number of carbonyl (C=O) groups excluding carboxylic acids is 2. The van der Waals surface area contributed by atoms with Crippen molar-refractivity contribution in [2.75, 3.05) is 7.11 Å². The zero-order chi connectivity index (χ0) is 17.4. The molecule has 0 fully saturated rings. The summed E-state index contributed by atoms with van der Waals surface area (Å²) in [5.74, 6) is 0.108. The molecule has 0 bridgehead atoms. The van der Waals surface area contributed by atoms with Crippen LogP contribution in [0, 0.1) is 6.92 Å². The lowest BCUT2D eigenvalue weighted by Crippen LogP contribution is -2.14. The molecule has 0 N–H and O–H groups in total. The van der Waals surface area contributed by atoms with Crippen molar-refractivity contribution < 1.29 is 19.1 Å². The third-order valence-electron chi connectivity index (χ3n) is 3.50. The highest BCUT2D eigenvalue weighted by atomic mass is 35.5. The molecule has 6 nitrogen and oxygen atoms in total. The Morgan fingerprint density at radius 2 is 2.08 bits per heavy atom. The van der Waals surface area contributed by atoms with E-state index in [4.69, 9.17) is 21.1 Å². The summed E-state index contributed by atoms with van der Waals surface area (Å²) in [7, 11) is 1.54. The second-order valence-electron chi connectivity index (χ2n) is 5.02. The number of methoxy groups -OCH3 is 1. The van der Waals surface area contributed by atoms with Gasteiger partial charge in [-0.25, -0.2) is 4.98 Å². The summed E-state index contributed by atoms with van der Waals surface area (Å²) in [5.41, 5.74) is 1.33. The van der Waals surface area contributed by atoms with Gasteiger partial charge in [0, 0.05) is 17.7 Å². The minimum absolute atomic E-state index is 0.232. The van der Waals surface area contributed by atoms with E-state index in [1.54, 1.807) is 37.6 Å². The number of thiazole rings is 1. The predicted octanol–water partition coefficient (Wildman–Crippen LogP) is 3.68. The van der Waals surface area contributed by atoms with Crippen molar-refractivity contribution in [1.82, 2.24) is 9.55 Å². The molecule has 3 aromatic rings. The van der Waals surface area contributed by atoms with Gasteiger partial charge in [-0.2, -0.15) is 0 Å². The van der Waals surface area contributed by atoms with Crippen LogP contribution in [0.5, 0.6) is 11.5 Å². The normalized spacial score (nSPS) is 10.8. The van der Waals surface area contributed by atoms with E-state index in [-0.39, 0.29) is 16.1 Å². The molecule has 0 atom stereocenters. The van der Waals surface area contributed by atoms with Crippen LogP contribution in [0.2, 0.25) is 4.47 Å². The molecule has 0 aliphatic carbocycles. The molecule has 0 aliphatic heterocycles. The molecule has 124 valence electrons. The Labute approximate surface area is 146 Å². The highest BCUT2D eigenvalue weighted by molar-refractivity contribution is 7.14. The Hall–Kier alpha value is -2.38. The molecular weight excluding hydrogens is 352 g/mol. The number of rotatable bonds is 3. The molecule has 1 aromatic carbocycles. The van der Waals surface area contributed by atoms with E-state index in [1.165, 1.54) is 22.8 Å². The molecule has 0 aliphatic rings. The fraction of sp³-hybridized carbons (Fsp3) is 0.188. The Morgan fingerprint density at radius 1 is 1.33 bits per heavy atom. The quantitative estimate of drug-likeness (QED) is 0.663. The smallest absolute Gasteiger partial charge is 0.308 e. The van der Waals surface area contributed by atoms with E-state index < -0.39 is 5.97 Å². The molecule has 0 spiro atoms. The number of halogens is 1.